The lowest BCUT2D eigenvalue weighted by Crippen LogP contribution is -2.42. The lowest BCUT2D eigenvalue weighted by molar-refractivity contribution is 0.0914. The second kappa shape index (κ2) is 11.9. The average molecular weight is 565 g/mol. The highest BCUT2D eigenvalue weighted by Crippen LogP contribution is 2.27. The maximum Gasteiger partial charge on any atom is 0.252 e. The van der Waals surface area contributed by atoms with Crippen LogP contribution in [0.2, 0.25) is 0 Å². The first-order valence-corrected chi connectivity index (χ1v) is 14.4. The van der Waals surface area contributed by atoms with E-state index in [1.54, 1.807) is 0 Å². The van der Waals surface area contributed by atoms with Crippen molar-refractivity contribution in [2.24, 2.45) is 0 Å². The Morgan fingerprint density at radius 1 is 0.628 bits per heavy atom. The number of para-hydroxylation sites is 2. The van der Waals surface area contributed by atoms with E-state index in [0.29, 0.717) is 11.1 Å². The van der Waals surface area contributed by atoms with Crippen LogP contribution in [0.15, 0.2) is 109 Å². The van der Waals surface area contributed by atoms with Crippen LogP contribution in [0.5, 0.6) is 0 Å². The van der Waals surface area contributed by atoms with Crippen LogP contribution < -0.4 is 10.6 Å². The van der Waals surface area contributed by atoms with Gasteiger partial charge in [-0.25, -0.2) is 9.97 Å². The van der Waals surface area contributed by atoms with Crippen molar-refractivity contribution in [3.63, 3.8) is 0 Å². The molecule has 6 aromatic rings. The number of fused-ring (bicyclic) bond motifs is 2. The van der Waals surface area contributed by atoms with Gasteiger partial charge in [0.15, 0.2) is 0 Å². The first-order chi connectivity index (χ1) is 20.9. The maximum absolute atomic E-state index is 13.6. The minimum Gasteiger partial charge on any atom is -0.350 e. The van der Waals surface area contributed by atoms with E-state index in [1.807, 2.05) is 118 Å². The third-order valence-electron chi connectivity index (χ3n) is 7.50. The first kappa shape index (κ1) is 27.8. The number of hydrogen-bond donors (Lipinski definition) is 2. The summed E-state index contributed by atoms with van der Waals surface area (Å²) in [4.78, 5) is 36.7. The number of carbonyl (C=O) groups excluding carboxylic acids is 2. The largest absolute Gasteiger partial charge is 0.350 e. The molecule has 0 bridgehead atoms. The number of nitrogens with one attached hydrogen (secondary N) is 2. The van der Waals surface area contributed by atoms with E-state index in [0.717, 1.165) is 55.4 Å². The van der Waals surface area contributed by atoms with Gasteiger partial charge in [-0.05, 0) is 57.2 Å². The van der Waals surface area contributed by atoms with Crippen molar-refractivity contribution in [3.05, 3.63) is 131 Å². The molecule has 2 heterocycles. The van der Waals surface area contributed by atoms with Crippen molar-refractivity contribution in [3.8, 4) is 22.5 Å². The molecule has 0 aliphatic heterocycles. The molecule has 43 heavy (non-hydrogen) atoms. The van der Waals surface area contributed by atoms with E-state index in [1.165, 1.54) is 0 Å². The summed E-state index contributed by atoms with van der Waals surface area (Å²) in [7, 11) is 0. The molecule has 2 aromatic heterocycles. The fourth-order valence-electron chi connectivity index (χ4n) is 5.32. The summed E-state index contributed by atoms with van der Waals surface area (Å²) in [5.41, 5.74) is 8.22. The molecule has 0 saturated heterocycles. The van der Waals surface area contributed by atoms with E-state index in [9.17, 15) is 9.59 Å². The van der Waals surface area contributed by atoms with Crippen LogP contribution in [0.1, 0.15) is 38.8 Å². The minimum atomic E-state index is -0.324. The van der Waals surface area contributed by atoms with Gasteiger partial charge in [-0.3, -0.25) is 9.59 Å². The predicted molar refractivity (Wildman–Crippen MR) is 173 cm³/mol. The average Bonchev–Trinajstić information content (AvgIpc) is 3.02. The van der Waals surface area contributed by atoms with Crippen LogP contribution in [0.3, 0.4) is 0 Å². The molecule has 6 heteroatoms. The number of aromatic nitrogens is 2. The minimum absolute atomic E-state index is 0.217. The quantitative estimate of drug-likeness (QED) is 0.213. The zero-order valence-corrected chi connectivity index (χ0v) is 24.4. The fourth-order valence-corrected chi connectivity index (χ4v) is 5.32. The molecule has 0 spiro atoms. The van der Waals surface area contributed by atoms with Crippen LogP contribution in [-0.2, 0) is 0 Å². The molecular formula is C37H32N4O2. The van der Waals surface area contributed by atoms with Crippen LogP contribution in [0.4, 0.5) is 0 Å². The summed E-state index contributed by atoms with van der Waals surface area (Å²) in [6.45, 7) is 6.21. The molecule has 0 aliphatic rings. The topological polar surface area (TPSA) is 84.0 Å². The molecule has 0 fully saturated rings. The zero-order chi connectivity index (χ0) is 29.9. The number of rotatable bonds is 7. The summed E-state index contributed by atoms with van der Waals surface area (Å²) >= 11 is 0. The number of nitrogens with zero attached hydrogens (tertiary/aromatic N) is 2. The van der Waals surface area contributed by atoms with Crippen molar-refractivity contribution in [2.45, 2.75) is 26.8 Å². The Morgan fingerprint density at radius 2 is 1.12 bits per heavy atom. The summed E-state index contributed by atoms with van der Waals surface area (Å²) in [6, 6.07) is 34.8. The lowest BCUT2D eigenvalue weighted by atomic mass is 10.0. The zero-order valence-electron chi connectivity index (χ0n) is 24.4. The normalized spacial score (nSPS) is 11.8. The van der Waals surface area contributed by atoms with Gasteiger partial charge >= 0.3 is 0 Å². The smallest absolute Gasteiger partial charge is 0.252 e. The Kier molecular flexibility index (Phi) is 7.67. The second-order valence-corrected chi connectivity index (χ2v) is 11.0. The Morgan fingerprint density at radius 3 is 1.63 bits per heavy atom. The Balaban J connectivity index is 1.22. The monoisotopic (exact) mass is 564 g/mol. The molecule has 6 nitrogen and oxygen atoms in total. The van der Waals surface area contributed by atoms with Crippen molar-refractivity contribution >= 4 is 33.6 Å². The summed E-state index contributed by atoms with van der Waals surface area (Å²) in [5, 5.41) is 7.65. The van der Waals surface area contributed by atoms with Crippen LogP contribution in [0, 0.1) is 13.8 Å². The van der Waals surface area contributed by atoms with Crippen LogP contribution >= 0.6 is 0 Å². The van der Waals surface area contributed by atoms with Crippen molar-refractivity contribution in [2.75, 3.05) is 6.54 Å². The van der Waals surface area contributed by atoms with Crippen LogP contribution in [-0.4, -0.2) is 34.4 Å². The standard InChI is InChI=1S/C37H32N4O2/c1-23-10-8-12-26(18-23)34-20-30(28-14-4-6-16-32(28)40-34)36(42)38-22-25(3)39-37(43)31-21-35(27-13-9-11-24(2)19-27)41-33-17-7-5-15-29(31)33/h4-21,25H,22H2,1-3H3,(H,38,42)(H,39,43). The number of pyridine rings is 2. The Labute approximate surface area is 250 Å². The molecule has 6 rings (SSSR count). The summed E-state index contributed by atoms with van der Waals surface area (Å²) in [6.07, 6.45) is 0. The predicted octanol–water partition coefficient (Wildman–Crippen LogP) is 7.28. The SMILES string of the molecule is Cc1cccc(-c2cc(C(=O)NCC(C)NC(=O)c3cc(-c4cccc(C)c4)nc4ccccc34)c3ccccc3n2)c1. The molecule has 0 aliphatic carbocycles. The molecule has 0 saturated carbocycles. The third-order valence-corrected chi connectivity index (χ3v) is 7.50. The summed E-state index contributed by atoms with van der Waals surface area (Å²) < 4.78 is 0. The van der Waals surface area contributed by atoms with E-state index < -0.39 is 0 Å². The van der Waals surface area contributed by atoms with E-state index >= 15 is 0 Å². The fraction of sp³-hybridized carbons (Fsp3) is 0.135. The summed E-state index contributed by atoms with van der Waals surface area (Å²) in [5.74, 6) is -0.435. The van der Waals surface area contributed by atoms with Gasteiger partial charge in [0.1, 0.15) is 0 Å². The van der Waals surface area contributed by atoms with Gasteiger partial charge in [-0.1, -0.05) is 83.9 Å². The highest BCUT2D eigenvalue weighted by Gasteiger charge is 2.18. The van der Waals surface area contributed by atoms with Gasteiger partial charge < -0.3 is 10.6 Å². The Hall–Kier alpha value is -5.36. The molecule has 1 atom stereocenters. The highest BCUT2D eigenvalue weighted by atomic mass is 16.2. The van der Waals surface area contributed by atoms with Gasteiger partial charge in [0.2, 0.25) is 0 Å². The number of benzene rings is 4. The van der Waals surface area contributed by atoms with E-state index in [-0.39, 0.29) is 24.4 Å². The number of aryl methyl sites for hydroxylation is 2. The Bertz CT molecular complexity index is 2000. The van der Waals surface area contributed by atoms with Crippen molar-refractivity contribution in [1.82, 2.24) is 20.6 Å². The van der Waals surface area contributed by atoms with Gasteiger partial charge in [-0.15, -0.1) is 0 Å². The maximum atomic E-state index is 13.6. The molecule has 4 aromatic carbocycles. The number of hydrogen-bond acceptors (Lipinski definition) is 4. The molecule has 212 valence electrons. The van der Waals surface area contributed by atoms with Crippen LogP contribution in [0.25, 0.3) is 44.3 Å². The second-order valence-electron chi connectivity index (χ2n) is 11.0. The van der Waals surface area contributed by atoms with Gasteiger partial charge in [0.05, 0.1) is 33.5 Å². The molecule has 2 amide bonds. The third kappa shape index (κ3) is 5.99. The molecule has 1 unspecified atom stereocenters. The first-order valence-electron chi connectivity index (χ1n) is 14.4. The molecule has 2 N–H and O–H groups in total. The molecular weight excluding hydrogens is 532 g/mol. The number of carbonyl (C=O) groups is 2. The highest BCUT2D eigenvalue weighted by molar-refractivity contribution is 6.08. The van der Waals surface area contributed by atoms with Crippen molar-refractivity contribution < 1.29 is 9.59 Å². The van der Waals surface area contributed by atoms with Crippen molar-refractivity contribution in [1.29, 1.82) is 0 Å². The van der Waals surface area contributed by atoms with E-state index in [2.05, 4.69) is 22.8 Å². The van der Waals surface area contributed by atoms with Gasteiger partial charge in [0.25, 0.3) is 11.8 Å². The van der Waals surface area contributed by atoms with Gasteiger partial charge in [0, 0.05) is 34.5 Å². The number of amides is 2. The molecule has 0 radical (unpaired) electrons. The lowest BCUT2D eigenvalue weighted by Gasteiger charge is -2.17. The van der Waals surface area contributed by atoms with Gasteiger partial charge in [-0.2, -0.15) is 0 Å². The van der Waals surface area contributed by atoms with E-state index in [4.69, 9.17) is 9.97 Å².